The fraction of sp³-hybridized carbons (Fsp3) is 0.526. The molecule has 2 aromatic rings. The summed E-state index contributed by atoms with van der Waals surface area (Å²) in [5, 5.41) is 2.74. The third kappa shape index (κ3) is 4.35. The van der Waals surface area contributed by atoms with E-state index in [0.29, 0.717) is 13.1 Å². The molecule has 1 aliphatic rings. The minimum Gasteiger partial charge on any atom is -0.353 e. The van der Waals surface area contributed by atoms with E-state index in [-0.39, 0.29) is 11.0 Å². The first-order valence-electron chi connectivity index (χ1n) is 9.37. The number of fused-ring (bicyclic) bond motifs is 1. The number of rotatable bonds is 5. The van der Waals surface area contributed by atoms with Gasteiger partial charge in [0, 0.05) is 13.1 Å². The van der Waals surface area contributed by atoms with Gasteiger partial charge >= 0.3 is 6.18 Å². The zero-order valence-electron chi connectivity index (χ0n) is 15.6. The third-order valence-corrected chi connectivity index (χ3v) is 5.01. The van der Waals surface area contributed by atoms with Crippen molar-refractivity contribution in [1.82, 2.24) is 19.8 Å². The Morgan fingerprint density at radius 1 is 1.21 bits per heavy atom. The Hall–Kier alpha value is -2.42. The highest BCUT2D eigenvalue weighted by atomic mass is 19.4. The van der Waals surface area contributed by atoms with Crippen molar-refractivity contribution >= 4 is 16.9 Å². The fourth-order valence-electron chi connectivity index (χ4n) is 3.51. The molecule has 1 aliphatic heterocycles. The number of para-hydroxylation sites is 2. The van der Waals surface area contributed by atoms with Gasteiger partial charge in [-0.3, -0.25) is 14.2 Å². The van der Waals surface area contributed by atoms with Crippen molar-refractivity contribution in [3.63, 3.8) is 0 Å². The van der Waals surface area contributed by atoms with Gasteiger partial charge in [-0.15, -0.1) is 0 Å². The van der Waals surface area contributed by atoms with E-state index in [1.807, 2.05) is 0 Å². The van der Waals surface area contributed by atoms with Crippen LogP contribution in [0.1, 0.15) is 37.9 Å². The zero-order valence-corrected chi connectivity index (χ0v) is 15.6. The minimum absolute atomic E-state index is 0.0161. The van der Waals surface area contributed by atoms with Crippen LogP contribution in [0.25, 0.3) is 11.0 Å². The summed E-state index contributed by atoms with van der Waals surface area (Å²) in [5.74, 6) is -0.497. The molecule has 1 aromatic heterocycles. The van der Waals surface area contributed by atoms with Crippen LogP contribution in [0.5, 0.6) is 0 Å². The largest absolute Gasteiger partial charge is 0.438 e. The number of halogens is 3. The van der Waals surface area contributed by atoms with Gasteiger partial charge in [-0.05, 0) is 45.0 Å². The lowest BCUT2D eigenvalue weighted by atomic mass is 10.1. The number of aromatic nitrogens is 2. The lowest BCUT2D eigenvalue weighted by Crippen LogP contribution is -2.42. The predicted octanol–water partition coefficient (Wildman–Crippen LogP) is 2.58. The Labute approximate surface area is 160 Å². The molecule has 1 fully saturated rings. The van der Waals surface area contributed by atoms with Crippen LogP contribution in [-0.4, -0.2) is 46.5 Å². The SMILES string of the molecule is CC(C(=O)NCCN1CCCCC1)n1c(=O)c(C(F)(F)F)nc2ccccc21. The van der Waals surface area contributed by atoms with Gasteiger partial charge in [-0.1, -0.05) is 18.6 Å². The van der Waals surface area contributed by atoms with Crippen LogP contribution in [-0.2, 0) is 11.0 Å². The van der Waals surface area contributed by atoms with Crippen LogP contribution in [0.3, 0.4) is 0 Å². The van der Waals surface area contributed by atoms with Gasteiger partial charge < -0.3 is 10.2 Å². The van der Waals surface area contributed by atoms with Crippen molar-refractivity contribution in [3.8, 4) is 0 Å². The maximum Gasteiger partial charge on any atom is 0.438 e. The number of likely N-dealkylation sites (tertiary alicyclic amines) is 1. The van der Waals surface area contributed by atoms with E-state index in [4.69, 9.17) is 0 Å². The van der Waals surface area contributed by atoms with E-state index in [2.05, 4.69) is 15.2 Å². The first-order valence-corrected chi connectivity index (χ1v) is 9.37. The number of hydrogen-bond acceptors (Lipinski definition) is 4. The van der Waals surface area contributed by atoms with Crippen LogP contribution in [0, 0.1) is 0 Å². The normalized spacial score (nSPS) is 16.9. The average molecular weight is 396 g/mol. The Morgan fingerprint density at radius 2 is 1.89 bits per heavy atom. The summed E-state index contributed by atoms with van der Waals surface area (Å²) in [6.45, 7) is 4.44. The van der Waals surface area contributed by atoms with E-state index >= 15 is 0 Å². The molecule has 0 spiro atoms. The van der Waals surface area contributed by atoms with Crippen LogP contribution in [0.15, 0.2) is 29.1 Å². The molecule has 0 aliphatic carbocycles. The molecule has 152 valence electrons. The van der Waals surface area contributed by atoms with E-state index in [1.54, 1.807) is 6.07 Å². The molecule has 0 bridgehead atoms. The minimum atomic E-state index is -4.90. The van der Waals surface area contributed by atoms with Crippen molar-refractivity contribution in [3.05, 3.63) is 40.3 Å². The van der Waals surface area contributed by atoms with Gasteiger partial charge in [0.05, 0.1) is 11.0 Å². The lowest BCUT2D eigenvalue weighted by Gasteiger charge is -2.26. The summed E-state index contributed by atoms with van der Waals surface area (Å²) in [7, 11) is 0. The van der Waals surface area contributed by atoms with Crippen molar-refractivity contribution in [1.29, 1.82) is 0 Å². The number of piperidine rings is 1. The summed E-state index contributed by atoms with van der Waals surface area (Å²) in [6.07, 6.45) is -1.43. The highest BCUT2D eigenvalue weighted by Gasteiger charge is 2.38. The molecular formula is C19H23F3N4O2. The molecular weight excluding hydrogens is 373 g/mol. The molecule has 0 radical (unpaired) electrons. The highest BCUT2D eigenvalue weighted by Crippen LogP contribution is 2.27. The lowest BCUT2D eigenvalue weighted by molar-refractivity contribution is -0.142. The molecule has 1 saturated heterocycles. The van der Waals surface area contributed by atoms with E-state index in [1.165, 1.54) is 31.5 Å². The van der Waals surface area contributed by atoms with Crippen molar-refractivity contribution < 1.29 is 18.0 Å². The van der Waals surface area contributed by atoms with Gasteiger partial charge in [-0.25, -0.2) is 4.98 Å². The van der Waals surface area contributed by atoms with Crippen LogP contribution < -0.4 is 10.9 Å². The second-order valence-electron chi connectivity index (χ2n) is 6.99. The molecule has 0 saturated carbocycles. The number of nitrogens with zero attached hydrogens (tertiary/aromatic N) is 3. The summed E-state index contributed by atoms with van der Waals surface area (Å²) in [5.41, 5.74) is -2.62. The number of amides is 1. The highest BCUT2D eigenvalue weighted by molar-refractivity contribution is 5.83. The quantitative estimate of drug-likeness (QED) is 0.844. The number of benzene rings is 1. The molecule has 1 amide bonds. The van der Waals surface area contributed by atoms with Gasteiger partial charge in [0.1, 0.15) is 6.04 Å². The first kappa shape index (κ1) is 20.3. The van der Waals surface area contributed by atoms with Gasteiger partial charge in [-0.2, -0.15) is 13.2 Å². The molecule has 6 nitrogen and oxygen atoms in total. The Morgan fingerprint density at radius 3 is 2.57 bits per heavy atom. The molecule has 1 aromatic carbocycles. The van der Waals surface area contributed by atoms with Gasteiger partial charge in [0.15, 0.2) is 0 Å². The number of hydrogen-bond donors (Lipinski definition) is 1. The van der Waals surface area contributed by atoms with E-state index in [9.17, 15) is 22.8 Å². The maximum absolute atomic E-state index is 13.2. The standard InChI is InChI=1S/C19H23F3N4O2/c1-13(17(27)23-9-12-25-10-5-2-6-11-25)26-15-8-4-3-7-14(15)24-16(18(26)28)19(20,21)22/h3-4,7-8,13H,2,5-6,9-12H2,1H3,(H,23,27). The molecule has 1 unspecified atom stereocenters. The topological polar surface area (TPSA) is 67.2 Å². The molecule has 3 rings (SSSR count). The second kappa shape index (κ2) is 8.30. The predicted molar refractivity (Wildman–Crippen MR) is 99.0 cm³/mol. The number of carbonyl (C=O) groups is 1. The van der Waals surface area contributed by atoms with Crippen molar-refractivity contribution in [2.24, 2.45) is 0 Å². The zero-order chi connectivity index (χ0) is 20.3. The Bertz CT molecular complexity index is 904. The maximum atomic E-state index is 13.2. The summed E-state index contributed by atoms with van der Waals surface area (Å²) < 4.78 is 40.6. The Kier molecular flexibility index (Phi) is 6.02. The molecule has 9 heteroatoms. The molecule has 28 heavy (non-hydrogen) atoms. The monoisotopic (exact) mass is 396 g/mol. The van der Waals surface area contributed by atoms with Gasteiger partial charge in [0.2, 0.25) is 11.6 Å². The van der Waals surface area contributed by atoms with Crippen LogP contribution >= 0.6 is 0 Å². The number of nitrogens with one attached hydrogen (secondary N) is 1. The second-order valence-corrected chi connectivity index (χ2v) is 6.99. The molecule has 2 heterocycles. The van der Waals surface area contributed by atoms with Crippen LogP contribution in [0.2, 0.25) is 0 Å². The van der Waals surface area contributed by atoms with Crippen molar-refractivity contribution in [2.75, 3.05) is 26.2 Å². The summed E-state index contributed by atoms with van der Waals surface area (Å²) in [6, 6.07) is 4.91. The first-order chi connectivity index (χ1) is 13.3. The number of carbonyl (C=O) groups excluding carboxylic acids is 1. The van der Waals surface area contributed by atoms with E-state index < -0.39 is 29.4 Å². The smallest absolute Gasteiger partial charge is 0.353 e. The van der Waals surface area contributed by atoms with E-state index in [0.717, 1.165) is 30.5 Å². The average Bonchev–Trinajstić information content (AvgIpc) is 2.67. The fourth-order valence-corrected chi connectivity index (χ4v) is 3.51. The summed E-state index contributed by atoms with van der Waals surface area (Å²) in [4.78, 5) is 30.8. The Balaban J connectivity index is 1.83. The van der Waals surface area contributed by atoms with Crippen molar-refractivity contribution in [2.45, 2.75) is 38.4 Å². The van der Waals surface area contributed by atoms with Gasteiger partial charge in [0.25, 0.3) is 5.56 Å². The number of alkyl halides is 3. The molecule has 1 atom stereocenters. The summed E-state index contributed by atoms with van der Waals surface area (Å²) >= 11 is 0. The molecule has 1 N–H and O–H groups in total. The third-order valence-electron chi connectivity index (χ3n) is 5.01. The van der Waals surface area contributed by atoms with Crippen LogP contribution in [0.4, 0.5) is 13.2 Å².